The molecule has 8 nitrogen and oxygen atoms in total. The third kappa shape index (κ3) is 7.39. The topological polar surface area (TPSA) is 98.4 Å². The van der Waals surface area contributed by atoms with E-state index in [9.17, 15) is 4.79 Å². The molecule has 10 heteroatoms. The number of anilines is 1. The maximum absolute atomic E-state index is 12.5. The molecule has 0 unspecified atom stereocenters. The lowest BCUT2D eigenvalue weighted by molar-refractivity contribution is 0.563. The molecule has 56 heavy (non-hydrogen) atoms. The second-order valence-corrected chi connectivity index (χ2v) is 18.0. The highest BCUT2D eigenvalue weighted by molar-refractivity contribution is 7.21. The number of fused-ring (bicyclic) bond motifs is 4. The molecule has 0 aliphatic heterocycles. The minimum absolute atomic E-state index is 0.0726. The molecule has 0 radical (unpaired) electrons. The standard InChI is InChI=1S/C26H26N2O2S.C20H18N2O2S/c1-25(2,3)15-7-9-19-17(13-15)27-23(29-19)21-11-12-22(31-21)24-28-18-14-16(26(4,5)6)8-10-20(18)30-24;1-3-22(4-2)14-10-9-13-11-15(20(23)24-17(13)12-14)19-21-16-7-5-6-8-18(16)25-19/h7-14H,1-6H3;5-12H,3-4H2,1-2H3. The van der Waals surface area contributed by atoms with Crippen LogP contribution in [-0.2, 0) is 10.8 Å². The van der Waals surface area contributed by atoms with E-state index in [4.69, 9.17) is 23.2 Å². The van der Waals surface area contributed by atoms with Crippen molar-refractivity contribution in [2.45, 2.75) is 66.2 Å². The summed E-state index contributed by atoms with van der Waals surface area (Å²) in [5.74, 6) is 1.26. The number of hydrogen-bond donors (Lipinski definition) is 0. The molecular weight excluding hydrogens is 737 g/mol. The Bertz CT molecular complexity index is 2770. The molecule has 0 amide bonds. The number of aromatic nitrogens is 3. The molecule has 0 aliphatic rings. The summed E-state index contributed by atoms with van der Waals surface area (Å²) in [5, 5.41) is 1.61. The summed E-state index contributed by atoms with van der Waals surface area (Å²) in [6.07, 6.45) is 0. The number of rotatable bonds is 6. The van der Waals surface area contributed by atoms with Gasteiger partial charge in [-0.25, -0.2) is 19.7 Å². The highest BCUT2D eigenvalue weighted by Gasteiger charge is 2.20. The lowest BCUT2D eigenvalue weighted by Gasteiger charge is -2.20. The van der Waals surface area contributed by atoms with E-state index in [2.05, 4.69) is 95.6 Å². The van der Waals surface area contributed by atoms with Gasteiger partial charge in [0, 0.05) is 30.2 Å². The first-order valence-electron chi connectivity index (χ1n) is 18.9. The number of thiophene rings is 1. The highest BCUT2D eigenvalue weighted by Crippen LogP contribution is 2.38. The fourth-order valence-electron chi connectivity index (χ4n) is 6.59. The van der Waals surface area contributed by atoms with Crippen molar-refractivity contribution in [2.75, 3.05) is 18.0 Å². The Balaban J connectivity index is 0.000000161. The van der Waals surface area contributed by atoms with Crippen molar-refractivity contribution in [3.63, 3.8) is 0 Å². The molecule has 5 heterocycles. The van der Waals surface area contributed by atoms with Crippen LogP contribution in [-0.4, -0.2) is 28.0 Å². The zero-order valence-electron chi connectivity index (χ0n) is 32.9. The second kappa shape index (κ2) is 14.5. The van der Waals surface area contributed by atoms with E-state index >= 15 is 0 Å². The van der Waals surface area contributed by atoms with Crippen LogP contribution < -0.4 is 10.5 Å². The monoisotopic (exact) mass is 780 g/mol. The van der Waals surface area contributed by atoms with Crippen molar-refractivity contribution in [2.24, 2.45) is 0 Å². The first-order chi connectivity index (χ1) is 26.8. The average molecular weight is 781 g/mol. The molecule has 0 fully saturated rings. The van der Waals surface area contributed by atoms with Gasteiger partial charge in [-0.3, -0.25) is 0 Å². The van der Waals surface area contributed by atoms with Gasteiger partial charge in [0.05, 0.1) is 25.5 Å². The van der Waals surface area contributed by atoms with Crippen molar-refractivity contribution in [1.82, 2.24) is 15.0 Å². The highest BCUT2D eigenvalue weighted by atomic mass is 32.1. The molecule has 284 valence electrons. The fourth-order valence-corrected chi connectivity index (χ4v) is 8.42. The Morgan fingerprint density at radius 3 is 1.73 bits per heavy atom. The average Bonchev–Trinajstić information content (AvgIpc) is 3.98. The maximum Gasteiger partial charge on any atom is 0.346 e. The molecule has 0 atom stereocenters. The van der Waals surface area contributed by atoms with E-state index < -0.39 is 0 Å². The SMILES string of the molecule is CC(C)(C)c1ccc2oc(-c3ccc(-c4nc5cc(C(C)(C)C)ccc5o4)s3)nc2c1.CCN(CC)c1ccc2cc(-c3nc4ccccc4s3)c(=O)oc2c1. The van der Waals surface area contributed by atoms with Gasteiger partial charge in [0.1, 0.15) is 21.6 Å². The van der Waals surface area contributed by atoms with Crippen LogP contribution in [0.2, 0.25) is 0 Å². The van der Waals surface area contributed by atoms with Gasteiger partial charge in [0.2, 0.25) is 11.8 Å². The summed E-state index contributed by atoms with van der Waals surface area (Å²) in [7, 11) is 0. The van der Waals surface area contributed by atoms with Crippen LogP contribution in [0, 0.1) is 0 Å². The van der Waals surface area contributed by atoms with Crippen LogP contribution in [0.25, 0.3) is 75.5 Å². The second-order valence-electron chi connectivity index (χ2n) is 15.9. The minimum Gasteiger partial charge on any atom is -0.435 e. The quantitative estimate of drug-likeness (QED) is 0.154. The summed E-state index contributed by atoms with van der Waals surface area (Å²) in [6.45, 7) is 19.2. The number of para-hydroxylation sites is 1. The predicted octanol–water partition coefficient (Wildman–Crippen LogP) is 12.9. The van der Waals surface area contributed by atoms with Gasteiger partial charge in [-0.1, -0.05) is 65.8 Å². The molecular formula is C46H44N4O4S2. The Labute approximate surface area is 333 Å². The lowest BCUT2D eigenvalue weighted by atomic mass is 9.87. The van der Waals surface area contributed by atoms with Crippen LogP contribution in [0.15, 0.2) is 115 Å². The molecule has 0 aliphatic carbocycles. The van der Waals surface area contributed by atoms with Gasteiger partial charge in [0.25, 0.3) is 0 Å². The molecule has 0 N–H and O–H groups in total. The summed E-state index contributed by atoms with van der Waals surface area (Å²) in [6, 6.07) is 32.3. The van der Waals surface area contributed by atoms with E-state index in [1.807, 2.05) is 66.7 Å². The number of nitrogens with zero attached hydrogens (tertiary/aromatic N) is 4. The Morgan fingerprint density at radius 1 is 0.589 bits per heavy atom. The van der Waals surface area contributed by atoms with E-state index in [1.165, 1.54) is 22.5 Å². The van der Waals surface area contributed by atoms with Crippen molar-refractivity contribution >= 4 is 71.7 Å². The zero-order chi connectivity index (χ0) is 39.4. The van der Waals surface area contributed by atoms with Crippen LogP contribution in [0.3, 0.4) is 0 Å². The first kappa shape index (κ1) is 37.3. The first-order valence-corrected chi connectivity index (χ1v) is 20.5. The molecule has 0 bridgehead atoms. The Kier molecular flexibility index (Phi) is 9.66. The number of thiazole rings is 1. The number of benzene rings is 4. The van der Waals surface area contributed by atoms with E-state index in [-0.39, 0.29) is 16.5 Å². The van der Waals surface area contributed by atoms with Crippen LogP contribution in [0.1, 0.15) is 66.5 Å². The molecule has 5 aromatic heterocycles. The smallest absolute Gasteiger partial charge is 0.346 e. The van der Waals surface area contributed by atoms with Crippen molar-refractivity contribution in [1.29, 1.82) is 0 Å². The summed E-state index contributed by atoms with van der Waals surface area (Å²) < 4.78 is 18.7. The van der Waals surface area contributed by atoms with Crippen LogP contribution >= 0.6 is 22.7 Å². The Hall–Kier alpha value is -5.58. The van der Waals surface area contributed by atoms with Crippen LogP contribution in [0.5, 0.6) is 0 Å². The Morgan fingerprint density at radius 2 is 1.18 bits per heavy atom. The summed E-state index contributed by atoms with van der Waals surface area (Å²) >= 11 is 3.09. The van der Waals surface area contributed by atoms with Gasteiger partial charge < -0.3 is 18.2 Å². The molecule has 0 saturated heterocycles. The molecule has 4 aromatic carbocycles. The van der Waals surface area contributed by atoms with Crippen molar-refractivity contribution in [3.8, 4) is 32.1 Å². The third-order valence-electron chi connectivity index (χ3n) is 9.91. The van der Waals surface area contributed by atoms with Gasteiger partial charge in [-0.2, -0.15) is 0 Å². The molecule has 0 saturated carbocycles. The fraction of sp³-hybridized carbons (Fsp3) is 0.261. The summed E-state index contributed by atoms with van der Waals surface area (Å²) in [5.41, 5.74) is 8.75. The molecule has 9 aromatic rings. The van der Waals surface area contributed by atoms with Gasteiger partial charge in [0.15, 0.2) is 11.2 Å². The van der Waals surface area contributed by atoms with Gasteiger partial charge in [-0.05, 0) is 103 Å². The third-order valence-corrected chi connectivity index (χ3v) is 12.0. The largest absolute Gasteiger partial charge is 0.435 e. The lowest BCUT2D eigenvalue weighted by Crippen LogP contribution is -2.21. The zero-order valence-corrected chi connectivity index (χ0v) is 34.5. The molecule has 0 spiro atoms. The van der Waals surface area contributed by atoms with Gasteiger partial charge in [-0.15, -0.1) is 22.7 Å². The summed E-state index contributed by atoms with van der Waals surface area (Å²) in [4.78, 5) is 30.7. The predicted molar refractivity (Wildman–Crippen MR) is 232 cm³/mol. The normalized spacial score (nSPS) is 12.1. The van der Waals surface area contributed by atoms with E-state index in [0.29, 0.717) is 27.9 Å². The number of hydrogen-bond acceptors (Lipinski definition) is 10. The number of oxazole rings is 2. The maximum atomic E-state index is 12.5. The van der Waals surface area contributed by atoms with Gasteiger partial charge >= 0.3 is 5.63 Å². The van der Waals surface area contributed by atoms with E-state index in [1.54, 1.807) is 11.3 Å². The van der Waals surface area contributed by atoms with E-state index in [0.717, 1.165) is 66.3 Å². The van der Waals surface area contributed by atoms with Crippen LogP contribution in [0.4, 0.5) is 5.69 Å². The van der Waals surface area contributed by atoms with Crippen molar-refractivity contribution < 1.29 is 13.3 Å². The molecule has 9 rings (SSSR count). The minimum atomic E-state index is -0.344. The van der Waals surface area contributed by atoms with Crippen molar-refractivity contribution in [3.05, 3.63) is 119 Å².